The van der Waals surface area contributed by atoms with Crippen molar-refractivity contribution in [3.8, 4) is 0 Å². The second-order valence-corrected chi connectivity index (χ2v) is 5.15. The van der Waals surface area contributed by atoms with Gasteiger partial charge in [0.05, 0.1) is 4.92 Å². The largest absolute Gasteiger partial charge is 0.349 e. The molecule has 0 radical (unpaired) electrons. The summed E-state index contributed by atoms with van der Waals surface area (Å²) in [6, 6.07) is 2.74. The van der Waals surface area contributed by atoms with E-state index in [1.54, 1.807) is 0 Å². The molecule has 0 spiro atoms. The van der Waals surface area contributed by atoms with Crippen molar-refractivity contribution >= 4 is 23.2 Å². The Bertz CT molecular complexity index is 538. The van der Waals surface area contributed by atoms with E-state index in [9.17, 15) is 19.3 Å². The number of carbonyl (C=O) groups excluding carboxylic acids is 1. The molecule has 7 heteroatoms. The monoisotopic (exact) mass is 300 g/mol. The number of rotatable bonds is 4. The van der Waals surface area contributed by atoms with E-state index < -0.39 is 22.3 Å². The lowest BCUT2D eigenvalue weighted by atomic mass is 10.1. The normalized spacial score (nSPS) is 21.7. The molecule has 2 unspecified atom stereocenters. The van der Waals surface area contributed by atoms with Crippen molar-refractivity contribution < 1.29 is 14.1 Å². The number of halogens is 2. The molecule has 1 saturated carbocycles. The van der Waals surface area contributed by atoms with Gasteiger partial charge in [0, 0.05) is 18.0 Å². The number of amides is 1. The summed E-state index contributed by atoms with van der Waals surface area (Å²) in [6.45, 7) is 0. The second-order valence-electron chi connectivity index (χ2n) is 4.84. The fourth-order valence-electron chi connectivity index (χ4n) is 2.51. The molecule has 0 aromatic heterocycles. The van der Waals surface area contributed by atoms with Gasteiger partial charge in [-0.3, -0.25) is 14.9 Å². The van der Waals surface area contributed by atoms with Crippen LogP contribution in [0, 0.1) is 21.8 Å². The number of nitro benzene ring substituents is 1. The van der Waals surface area contributed by atoms with Crippen molar-refractivity contribution in [2.24, 2.45) is 5.92 Å². The molecule has 0 aliphatic heterocycles. The van der Waals surface area contributed by atoms with Gasteiger partial charge >= 0.3 is 0 Å². The Morgan fingerprint density at radius 1 is 1.50 bits per heavy atom. The Morgan fingerprint density at radius 2 is 2.25 bits per heavy atom. The van der Waals surface area contributed by atoms with Crippen LogP contribution in [-0.2, 0) is 0 Å². The van der Waals surface area contributed by atoms with Gasteiger partial charge in [0.2, 0.25) is 0 Å². The van der Waals surface area contributed by atoms with Crippen molar-refractivity contribution in [3.63, 3.8) is 0 Å². The van der Waals surface area contributed by atoms with Crippen LogP contribution < -0.4 is 5.32 Å². The molecule has 1 amide bonds. The van der Waals surface area contributed by atoms with E-state index >= 15 is 0 Å². The maximum Gasteiger partial charge on any atom is 0.282 e. The molecule has 20 heavy (non-hydrogen) atoms. The molecule has 0 bridgehead atoms. The lowest BCUT2D eigenvalue weighted by Crippen LogP contribution is -2.38. The molecule has 2 atom stereocenters. The number of nitrogens with one attached hydrogen (secondary N) is 1. The number of benzene rings is 1. The van der Waals surface area contributed by atoms with Crippen LogP contribution in [0.3, 0.4) is 0 Å². The molecule has 1 aliphatic rings. The molecule has 0 heterocycles. The van der Waals surface area contributed by atoms with Crippen molar-refractivity contribution in [2.75, 3.05) is 5.88 Å². The van der Waals surface area contributed by atoms with Gasteiger partial charge in [0.1, 0.15) is 11.4 Å². The summed E-state index contributed by atoms with van der Waals surface area (Å²) in [5.74, 6) is -0.719. The van der Waals surface area contributed by atoms with E-state index in [2.05, 4.69) is 5.32 Å². The van der Waals surface area contributed by atoms with Crippen LogP contribution in [0.5, 0.6) is 0 Å². The summed E-state index contributed by atoms with van der Waals surface area (Å²) in [5.41, 5.74) is -0.653. The van der Waals surface area contributed by atoms with Gasteiger partial charge in [-0.2, -0.15) is 0 Å². The number of hydrogen-bond donors (Lipinski definition) is 1. The third-order valence-electron chi connectivity index (χ3n) is 3.57. The summed E-state index contributed by atoms with van der Waals surface area (Å²) >= 11 is 5.82. The quantitative estimate of drug-likeness (QED) is 0.528. The molecular formula is C13H14ClFN2O3. The Labute approximate surface area is 120 Å². The van der Waals surface area contributed by atoms with Gasteiger partial charge in [-0.1, -0.05) is 6.42 Å². The first-order valence-electron chi connectivity index (χ1n) is 6.33. The van der Waals surface area contributed by atoms with Crippen LogP contribution in [0.4, 0.5) is 10.1 Å². The van der Waals surface area contributed by atoms with E-state index in [1.807, 2.05) is 0 Å². The number of alkyl halides is 1. The van der Waals surface area contributed by atoms with Gasteiger partial charge in [0.25, 0.3) is 11.6 Å². The summed E-state index contributed by atoms with van der Waals surface area (Å²) in [7, 11) is 0. The molecule has 2 rings (SSSR count). The summed E-state index contributed by atoms with van der Waals surface area (Å²) in [5, 5.41) is 13.6. The van der Waals surface area contributed by atoms with Crippen LogP contribution in [0.25, 0.3) is 0 Å². The van der Waals surface area contributed by atoms with Gasteiger partial charge < -0.3 is 5.32 Å². The molecule has 1 fully saturated rings. The Hall–Kier alpha value is -1.69. The Morgan fingerprint density at radius 3 is 2.90 bits per heavy atom. The fourth-order valence-corrected chi connectivity index (χ4v) is 2.88. The number of nitro groups is 1. The lowest BCUT2D eigenvalue weighted by Gasteiger charge is -2.18. The molecule has 1 aliphatic carbocycles. The first kappa shape index (κ1) is 14.7. The van der Waals surface area contributed by atoms with E-state index in [0.717, 1.165) is 37.5 Å². The highest BCUT2D eigenvalue weighted by Crippen LogP contribution is 2.27. The van der Waals surface area contributed by atoms with E-state index in [4.69, 9.17) is 11.6 Å². The topological polar surface area (TPSA) is 72.2 Å². The highest BCUT2D eigenvalue weighted by atomic mass is 35.5. The third kappa shape index (κ3) is 3.07. The lowest BCUT2D eigenvalue weighted by molar-refractivity contribution is -0.385. The Balaban J connectivity index is 2.20. The molecule has 1 aromatic carbocycles. The molecule has 1 N–H and O–H groups in total. The average Bonchev–Trinajstić information content (AvgIpc) is 2.85. The maximum atomic E-state index is 13.2. The van der Waals surface area contributed by atoms with Crippen LogP contribution in [-0.4, -0.2) is 22.8 Å². The molecular weight excluding hydrogens is 287 g/mol. The molecule has 108 valence electrons. The van der Waals surface area contributed by atoms with E-state index in [1.165, 1.54) is 0 Å². The fraction of sp³-hybridized carbons (Fsp3) is 0.462. The maximum absolute atomic E-state index is 13.2. The van der Waals surface area contributed by atoms with Crippen molar-refractivity contribution in [2.45, 2.75) is 25.3 Å². The standard InChI is InChI=1S/C13H14ClFN2O3/c14-7-8-2-1-3-11(8)16-13(18)10-6-9(15)4-5-12(10)17(19)20/h4-6,8,11H,1-3,7H2,(H,16,18). The van der Waals surface area contributed by atoms with Crippen LogP contribution in [0.1, 0.15) is 29.6 Å². The highest BCUT2D eigenvalue weighted by Gasteiger charge is 2.30. The smallest absolute Gasteiger partial charge is 0.282 e. The van der Waals surface area contributed by atoms with Crippen molar-refractivity contribution in [1.29, 1.82) is 0 Å². The predicted molar refractivity (Wildman–Crippen MR) is 72.4 cm³/mol. The molecule has 0 saturated heterocycles. The van der Waals surface area contributed by atoms with E-state index in [-0.39, 0.29) is 17.5 Å². The zero-order valence-corrected chi connectivity index (χ0v) is 11.4. The summed E-state index contributed by atoms with van der Waals surface area (Å²) < 4.78 is 13.2. The second kappa shape index (κ2) is 6.17. The van der Waals surface area contributed by atoms with Crippen LogP contribution in [0.2, 0.25) is 0 Å². The van der Waals surface area contributed by atoms with Gasteiger partial charge in [-0.25, -0.2) is 4.39 Å². The third-order valence-corrected chi connectivity index (χ3v) is 3.97. The summed E-state index contributed by atoms with van der Waals surface area (Å²) in [6.07, 6.45) is 2.65. The minimum atomic E-state index is -0.692. The number of hydrogen-bond acceptors (Lipinski definition) is 3. The van der Waals surface area contributed by atoms with Gasteiger partial charge in [-0.05, 0) is 30.9 Å². The first-order valence-corrected chi connectivity index (χ1v) is 6.87. The Kier molecular flexibility index (Phi) is 4.54. The zero-order chi connectivity index (χ0) is 14.7. The minimum Gasteiger partial charge on any atom is -0.349 e. The van der Waals surface area contributed by atoms with Gasteiger partial charge in [0.15, 0.2) is 0 Å². The van der Waals surface area contributed by atoms with Crippen molar-refractivity contribution in [1.82, 2.24) is 5.32 Å². The van der Waals surface area contributed by atoms with Gasteiger partial charge in [-0.15, -0.1) is 11.6 Å². The summed E-state index contributed by atoms with van der Waals surface area (Å²) in [4.78, 5) is 22.3. The predicted octanol–water partition coefficient (Wildman–Crippen LogP) is 2.87. The SMILES string of the molecule is O=C(NC1CCCC1CCl)c1cc(F)ccc1[N+](=O)[O-]. The van der Waals surface area contributed by atoms with Crippen LogP contribution in [0.15, 0.2) is 18.2 Å². The highest BCUT2D eigenvalue weighted by molar-refractivity contribution is 6.18. The number of carbonyl (C=O) groups is 1. The molecule has 5 nitrogen and oxygen atoms in total. The first-order chi connectivity index (χ1) is 9.52. The van der Waals surface area contributed by atoms with Crippen LogP contribution >= 0.6 is 11.6 Å². The number of nitrogens with zero attached hydrogens (tertiary/aromatic N) is 1. The average molecular weight is 301 g/mol. The zero-order valence-electron chi connectivity index (χ0n) is 10.6. The van der Waals surface area contributed by atoms with E-state index in [0.29, 0.717) is 5.88 Å². The molecule has 1 aromatic rings. The van der Waals surface area contributed by atoms with Crippen molar-refractivity contribution in [3.05, 3.63) is 39.7 Å². The minimum absolute atomic E-state index is 0.108.